The monoisotopic (exact) mass is 882 g/mol. The van der Waals surface area contributed by atoms with Gasteiger partial charge in [0.05, 0.1) is 25.2 Å². The van der Waals surface area contributed by atoms with Crippen molar-refractivity contribution in [3.8, 4) is 0 Å². The molecule has 0 fully saturated rings. The zero-order chi connectivity index (χ0) is 45.9. The van der Waals surface area contributed by atoms with Gasteiger partial charge in [0.1, 0.15) is 6.10 Å². The molecule has 3 atom stereocenters. The van der Waals surface area contributed by atoms with Gasteiger partial charge in [-0.25, -0.2) is 0 Å². The zero-order valence-corrected chi connectivity index (χ0v) is 41.7. The highest BCUT2D eigenvalue weighted by atomic mass is 16.5. The SMILES string of the molecule is CCCCC/C=C\C/C=C\C/C=C\CCCCCCC(=O)OC(CCCCCCC/C=C\C/C=C\CCCCC)CC(=O)NC(CO)C(O)CCCCCCCCCCCCCC. The fraction of sp³-hybridized carbons (Fsp3) is 0.789. The van der Waals surface area contributed by atoms with Crippen molar-refractivity contribution in [1.82, 2.24) is 5.32 Å². The molecule has 0 aliphatic heterocycles. The molecule has 3 N–H and O–H groups in total. The lowest BCUT2D eigenvalue weighted by Crippen LogP contribution is -2.46. The third-order valence-corrected chi connectivity index (χ3v) is 12.1. The van der Waals surface area contributed by atoms with Crippen molar-refractivity contribution in [2.24, 2.45) is 0 Å². The second-order valence-electron chi connectivity index (χ2n) is 18.3. The molecule has 0 aliphatic rings. The summed E-state index contributed by atoms with van der Waals surface area (Å²) in [5.74, 6) is -0.509. The number of ether oxygens (including phenoxy) is 1. The first-order valence-electron chi connectivity index (χ1n) is 27.0. The molecular formula is C57H103NO5. The first-order valence-corrected chi connectivity index (χ1v) is 27.0. The van der Waals surface area contributed by atoms with Crippen LogP contribution < -0.4 is 5.32 Å². The van der Waals surface area contributed by atoms with Crippen molar-refractivity contribution in [1.29, 1.82) is 0 Å². The Kier molecular flexibility index (Phi) is 48.6. The molecule has 0 aromatic rings. The largest absolute Gasteiger partial charge is 0.462 e. The van der Waals surface area contributed by atoms with Crippen molar-refractivity contribution in [3.63, 3.8) is 0 Å². The van der Waals surface area contributed by atoms with Crippen LogP contribution in [0.3, 0.4) is 0 Å². The number of aliphatic hydroxyl groups excluding tert-OH is 2. The van der Waals surface area contributed by atoms with Crippen molar-refractivity contribution in [3.05, 3.63) is 60.8 Å². The van der Waals surface area contributed by atoms with Gasteiger partial charge < -0.3 is 20.3 Å². The molecule has 0 radical (unpaired) electrons. The van der Waals surface area contributed by atoms with Gasteiger partial charge >= 0.3 is 5.97 Å². The number of esters is 1. The van der Waals surface area contributed by atoms with Crippen LogP contribution in [0.15, 0.2) is 60.8 Å². The first-order chi connectivity index (χ1) is 31.0. The summed E-state index contributed by atoms with van der Waals surface area (Å²) in [6.07, 6.45) is 62.7. The van der Waals surface area contributed by atoms with Crippen LogP contribution in [0.25, 0.3) is 0 Å². The van der Waals surface area contributed by atoms with Gasteiger partial charge in [0.15, 0.2) is 0 Å². The maximum Gasteiger partial charge on any atom is 0.306 e. The summed E-state index contributed by atoms with van der Waals surface area (Å²) in [5.41, 5.74) is 0. The van der Waals surface area contributed by atoms with Crippen molar-refractivity contribution >= 4 is 11.9 Å². The van der Waals surface area contributed by atoms with E-state index in [2.05, 4.69) is 86.8 Å². The van der Waals surface area contributed by atoms with E-state index in [0.717, 1.165) is 96.3 Å². The van der Waals surface area contributed by atoms with Gasteiger partial charge in [-0.1, -0.05) is 216 Å². The summed E-state index contributed by atoms with van der Waals surface area (Å²) in [7, 11) is 0. The molecule has 6 nitrogen and oxygen atoms in total. The Balaban J connectivity index is 4.65. The van der Waals surface area contributed by atoms with E-state index in [4.69, 9.17) is 4.74 Å². The first kappa shape index (κ1) is 60.6. The van der Waals surface area contributed by atoms with Crippen molar-refractivity contribution in [2.75, 3.05) is 6.61 Å². The van der Waals surface area contributed by atoms with E-state index in [9.17, 15) is 19.8 Å². The van der Waals surface area contributed by atoms with E-state index >= 15 is 0 Å². The van der Waals surface area contributed by atoms with Gasteiger partial charge in [-0.05, 0) is 96.3 Å². The molecule has 0 heterocycles. The molecule has 1 amide bonds. The maximum atomic E-state index is 13.2. The second-order valence-corrected chi connectivity index (χ2v) is 18.3. The Morgan fingerprint density at radius 1 is 0.460 bits per heavy atom. The third-order valence-electron chi connectivity index (χ3n) is 12.1. The highest BCUT2D eigenvalue weighted by Gasteiger charge is 2.24. The van der Waals surface area contributed by atoms with Crippen LogP contribution in [0, 0.1) is 0 Å². The van der Waals surface area contributed by atoms with E-state index in [1.165, 1.54) is 122 Å². The molecule has 0 spiro atoms. The molecular weight excluding hydrogens is 779 g/mol. The minimum atomic E-state index is -0.797. The Bertz CT molecular complexity index is 1130. The molecule has 6 heteroatoms. The summed E-state index contributed by atoms with van der Waals surface area (Å²) in [6, 6.07) is -0.712. The third kappa shape index (κ3) is 45.9. The number of hydrogen-bond acceptors (Lipinski definition) is 5. The Morgan fingerprint density at radius 3 is 1.25 bits per heavy atom. The molecule has 0 aromatic carbocycles. The van der Waals surface area contributed by atoms with Gasteiger partial charge in [0.25, 0.3) is 0 Å². The number of aliphatic hydroxyl groups is 2. The number of carbonyl (C=O) groups excluding carboxylic acids is 2. The molecule has 0 saturated carbocycles. The van der Waals surface area contributed by atoms with Crippen LogP contribution in [0.2, 0.25) is 0 Å². The summed E-state index contributed by atoms with van der Waals surface area (Å²) in [4.78, 5) is 26.2. The fourth-order valence-corrected chi connectivity index (χ4v) is 7.94. The van der Waals surface area contributed by atoms with Gasteiger partial charge in [0, 0.05) is 6.42 Å². The second kappa shape index (κ2) is 50.6. The summed E-state index contributed by atoms with van der Waals surface area (Å²) < 4.78 is 5.93. The number of allylic oxidation sites excluding steroid dienone is 10. The Hall–Kier alpha value is -2.44. The smallest absolute Gasteiger partial charge is 0.306 e. The maximum absolute atomic E-state index is 13.2. The molecule has 0 saturated heterocycles. The van der Waals surface area contributed by atoms with Crippen LogP contribution >= 0.6 is 0 Å². The van der Waals surface area contributed by atoms with Crippen LogP contribution in [-0.2, 0) is 14.3 Å². The lowest BCUT2D eigenvalue weighted by Gasteiger charge is -2.24. The lowest BCUT2D eigenvalue weighted by atomic mass is 10.0. The van der Waals surface area contributed by atoms with E-state index in [1.807, 2.05) is 0 Å². The zero-order valence-electron chi connectivity index (χ0n) is 41.7. The summed E-state index contributed by atoms with van der Waals surface area (Å²) in [5, 5.41) is 23.8. The number of amides is 1. The topological polar surface area (TPSA) is 95.9 Å². The van der Waals surface area contributed by atoms with Crippen LogP contribution in [0.5, 0.6) is 0 Å². The highest BCUT2D eigenvalue weighted by molar-refractivity contribution is 5.77. The Labute approximate surface area is 390 Å². The normalized spacial score (nSPS) is 13.7. The van der Waals surface area contributed by atoms with Gasteiger partial charge in [-0.15, -0.1) is 0 Å². The lowest BCUT2D eigenvalue weighted by molar-refractivity contribution is -0.151. The standard InChI is InChI=1S/C57H103NO5/c1-4-7-10-13-16-19-22-25-27-28-30-32-35-38-41-44-47-50-57(62)63-53(48-45-42-39-36-33-31-29-26-23-20-17-14-11-8-5-2)51-56(61)58-54(52-59)55(60)49-46-43-40-37-34-24-21-18-15-12-9-6-3/h16-17,19-20,25-27,29-30,32,53-55,59-60H,4-15,18,21-24,28,31,33-52H2,1-3H3,(H,58,61)/b19-16-,20-17-,27-25-,29-26-,32-30-. The average Bonchev–Trinajstić information content (AvgIpc) is 3.28. The highest BCUT2D eigenvalue weighted by Crippen LogP contribution is 2.17. The molecule has 0 aliphatic carbocycles. The fourth-order valence-electron chi connectivity index (χ4n) is 7.94. The predicted octanol–water partition coefficient (Wildman–Crippen LogP) is 16.4. The van der Waals surface area contributed by atoms with E-state index in [1.54, 1.807) is 0 Å². The van der Waals surface area contributed by atoms with Gasteiger partial charge in [-0.3, -0.25) is 9.59 Å². The quantitative estimate of drug-likeness (QED) is 0.0321. The van der Waals surface area contributed by atoms with Gasteiger partial charge in [0.2, 0.25) is 5.91 Å². The molecule has 0 rings (SSSR count). The minimum Gasteiger partial charge on any atom is -0.462 e. The number of unbranched alkanes of at least 4 members (excludes halogenated alkanes) is 26. The summed E-state index contributed by atoms with van der Waals surface area (Å²) in [6.45, 7) is 6.43. The molecule has 0 aromatic heterocycles. The number of carbonyl (C=O) groups is 2. The van der Waals surface area contributed by atoms with Crippen molar-refractivity contribution in [2.45, 2.75) is 283 Å². The van der Waals surface area contributed by atoms with Gasteiger partial charge in [-0.2, -0.15) is 0 Å². The number of nitrogens with one attached hydrogen (secondary N) is 1. The average molecular weight is 882 g/mol. The summed E-state index contributed by atoms with van der Waals surface area (Å²) >= 11 is 0. The van der Waals surface area contributed by atoms with Crippen LogP contribution in [-0.4, -0.2) is 46.9 Å². The predicted molar refractivity (Wildman–Crippen MR) is 273 cm³/mol. The molecule has 63 heavy (non-hydrogen) atoms. The molecule has 0 bridgehead atoms. The van der Waals surface area contributed by atoms with E-state index in [-0.39, 0.29) is 24.9 Å². The van der Waals surface area contributed by atoms with Crippen molar-refractivity contribution < 1.29 is 24.5 Å². The Morgan fingerprint density at radius 2 is 0.810 bits per heavy atom. The molecule has 3 unspecified atom stereocenters. The molecule has 366 valence electrons. The van der Waals surface area contributed by atoms with E-state index < -0.39 is 18.2 Å². The van der Waals surface area contributed by atoms with Crippen LogP contribution in [0.4, 0.5) is 0 Å². The minimum absolute atomic E-state index is 0.0582. The van der Waals surface area contributed by atoms with E-state index in [0.29, 0.717) is 19.3 Å². The number of rotatable bonds is 48. The van der Waals surface area contributed by atoms with Crippen LogP contribution in [0.1, 0.15) is 265 Å². The number of hydrogen-bond donors (Lipinski definition) is 3.